The summed E-state index contributed by atoms with van der Waals surface area (Å²) in [5.74, 6) is 0. The fraction of sp³-hybridized carbons (Fsp3) is 0.200. The average molecular weight is 176 g/mol. The Morgan fingerprint density at radius 2 is 2.00 bits per heavy atom. The molecule has 67 valence electrons. The zero-order valence-electron chi connectivity index (χ0n) is 7.19. The largest absolute Gasteiger partial charge is 0.447 e. The first-order valence-corrected chi connectivity index (χ1v) is 4.14. The van der Waals surface area contributed by atoms with Crippen molar-refractivity contribution >= 4 is 11.8 Å². The lowest BCUT2D eigenvalue weighted by Crippen LogP contribution is -2.23. The minimum atomic E-state index is -0.267. The molecule has 3 heteroatoms. The number of carbonyl (C=O) groups excluding carboxylic acids is 1. The summed E-state index contributed by atoms with van der Waals surface area (Å²) in [4.78, 5) is 12.8. The van der Waals surface area contributed by atoms with Gasteiger partial charge in [0.25, 0.3) is 0 Å². The molecule has 2 rings (SSSR count). The number of anilines is 1. The van der Waals surface area contributed by atoms with Gasteiger partial charge >= 0.3 is 6.09 Å². The standard InChI is InChI=1S/C10H10NO2/c1-8-2-4-9(5-3-8)11-6-7-13-10(11)12/h2-5H,1,6-7H2. The Bertz CT molecular complexity index is 318. The van der Waals surface area contributed by atoms with E-state index < -0.39 is 0 Å². The van der Waals surface area contributed by atoms with Gasteiger partial charge in [-0.25, -0.2) is 4.79 Å². The van der Waals surface area contributed by atoms with Crippen LogP contribution in [-0.4, -0.2) is 19.2 Å². The molecule has 0 spiro atoms. The first kappa shape index (κ1) is 8.10. The molecule has 3 nitrogen and oxygen atoms in total. The third-order valence-corrected chi connectivity index (χ3v) is 2.01. The van der Waals surface area contributed by atoms with Crippen molar-refractivity contribution in [2.75, 3.05) is 18.1 Å². The van der Waals surface area contributed by atoms with Crippen molar-refractivity contribution in [1.82, 2.24) is 0 Å². The summed E-state index contributed by atoms with van der Waals surface area (Å²) in [5, 5.41) is 0. The van der Waals surface area contributed by atoms with Gasteiger partial charge in [-0.15, -0.1) is 0 Å². The van der Waals surface area contributed by atoms with E-state index >= 15 is 0 Å². The van der Waals surface area contributed by atoms with Crippen molar-refractivity contribution in [3.05, 3.63) is 36.8 Å². The quantitative estimate of drug-likeness (QED) is 0.653. The summed E-state index contributed by atoms with van der Waals surface area (Å²) >= 11 is 0. The van der Waals surface area contributed by atoms with Crippen molar-refractivity contribution in [2.45, 2.75) is 0 Å². The fourth-order valence-corrected chi connectivity index (χ4v) is 1.30. The number of amides is 1. The molecule has 1 amide bonds. The van der Waals surface area contributed by atoms with E-state index in [1.165, 1.54) is 0 Å². The van der Waals surface area contributed by atoms with Crippen LogP contribution in [-0.2, 0) is 4.74 Å². The first-order chi connectivity index (χ1) is 6.27. The van der Waals surface area contributed by atoms with E-state index in [1.54, 1.807) is 4.90 Å². The molecule has 0 bridgehead atoms. The van der Waals surface area contributed by atoms with E-state index in [0.717, 1.165) is 11.3 Å². The van der Waals surface area contributed by atoms with Crippen molar-refractivity contribution in [1.29, 1.82) is 0 Å². The zero-order valence-corrected chi connectivity index (χ0v) is 7.19. The van der Waals surface area contributed by atoms with Crippen molar-refractivity contribution in [3.8, 4) is 0 Å². The van der Waals surface area contributed by atoms with E-state index in [-0.39, 0.29) is 6.09 Å². The molecule has 1 aliphatic heterocycles. The molecule has 0 atom stereocenters. The minimum absolute atomic E-state index is 0.267. The molecule has 1 radical (unpaired) electrons. The highest BCUT2D eigenvalue weighted by molar-refractivity contribution is 5.89. The minimum Gasteiger partial charge on any atom is -0.447 e. The molecule has 0 N–H and O–H groups in total. The monoisotopic (exact) mass is 176 g/mol. The predicted octanol–water partition coefficient (Wildman–Crippen LogP) is 1.83. The molecule has 0 aromatic heterocycles. The van der Waals surface area contributed by atoms with Gasteiger partial charge in [-0.1, -0.05) is 12.1 Å². The normalized spacial score (nSPS) is 16.1. The summed E-state index contributed by atoms with van der Waals surface area (Å²) in [6.45, 7) is 4.88. The second-order valence-electron chi connectivity index (χ2n) is 2.93. The van der Waals surface area contributed by atoms with Crippen molar-refractivity contribution in [3.63, 3.8) is 0 Å². The molecule has 1 heterocycles. The lowest BCUT2D eigenvalue weighted by molar-refractivity contribution is 0.181. The maximum atomic E-state index is 11.1. The Hall–Kier alpha value is -1.51. The molecular formula is C10H10NO2. The fourth-order valence-electron chi connectivity index (χ4n) is 1.30. The van der Waals surface area contributed by atoms with Gasteiger partial charge in [0.15, 0.2) is 0 Å². The number of cyclic esters (lactones) is 1. The molecule has 1 fully saturated rings. The molecule has 0 saturated carbocycles. The highest BCUT2D eigenvalue weighted by Gasteiger charge is 2.22. The van der Waals surface area contributed by atoms with E-state index in [0.29, 0.717) is 13.2 Å². The summed E-state index contributed by atoms with van der Waals surface area (Å²) in [6.07, 6.45) is -0.267. The predicted molar refractivity (Wildman–Crippen MR) is 49.6 cm³/mol. The SMILES string of the molecule is [CH2]c1ccc(N2CCOC2=O)cc1. The molecule has 0 aliphatic carbocycles. The van der Waals surface area contributed by atoms with E-state index in [9.17, 15) is 4.79 Å². The van der Waals surface area contributed by atoms with Crippen LogP contribution in [0.15, 0.2) is 24.3 Å². The molecule has 13 heavy (non-hydrogen) atoms. The van der Waals surface area contributed by atoms with Crippen LogP contribution in [0.25, 0.3) is 0 Å². The van der Waals surface area contributed by atoms with Gasteiger partial charge in [0, 0.05) is 5.69 Å². The number of ether oxygens (including phenoxy) is 1. The van der Waals surface area contributed by atoms with Gasteiger partial charge < -0.3 is 4.74 Å². The molecule has 1 aromatic carbocycles. The second kappa shape index (κ2) is 3.09. The Morgan fingerprint density at radius 1 is 1.31 bits per heavy atom. The van der Waals surface area contributed by atoms with Crippen LogP contribution in [0.1, 0.15) is 5.56 Å². The Morgan fingerprint density at radius 3 is 2.54 bits per heavy atom. The summed E-state index contributed by atoms with van der Waals surface area (Å²) in [6, 6.07) is 7.49. The third kappa shape index (κ3) is 1.49. The number of hydrogen-bond acceptors (Lipinski definition) is 2. The number of nitrogens with zero attached hydrogens (tertiary/aromatic N) is 1. The summed E-state index contributed by atoms with van der Waals surface area (Å²) in [5.41, 5.74) is 1.81. The van der Waals surface area contributed by atoms with E-state index in [1.807, 2.05) is 24.3 Å². The summed E-state index contributed by atoms with van der Waals surface area (Å²) in [7, 11) is 0. The Balaban J connectivity index is 2.25. The topological polar surface area (TPSA) is 29.5 Å². The molecule has 0 unspecified atom stereocenters. The van der Waals surface area contributed by atoms with Crippen LogP contribution in [0, 0.1) is 6.92 Å². The van der Waals surface area contributed by atoms with E-state index in [4.69, 9.17) is 4.74 Å². The smallest absolute Gasteiger partial charge is 0.414 e. The number of hydrogen-bond donors (Lipinski definition) is 0. The molecule has 1 aromatic rings. The number of carbonyl (C=O) groups is 1. The van der Waals surface area contributed by atoms with Crippen LogP contribution in [0.2, 0.25) is 0 Å². The van der Waals surface area contributed by atoms with Gasteiger partial charge in [0.05, 0.1) is 6.54 Å². The molecule has 1 saturated heterocycles. The maximum Gasteiger partial charge on any atom is 0.414 e. The van der Waals surface area contributed by atoms with Gasteiger partial charge in [0.2, 0.25) is 0 Å². The lowest BCUT2D eigenvalue weighted by atomic mass is 10.2. The second-order valence-corrected chi connectivity index (χ2v) is 2.93. The van der Waals surface area contributed by atoms with E-state index in [2.05, 4.69) is 6.92 Å². The zero-order chi connectivity index (χ0) is 9.26. The Kier molecular flexibility index (Phi) is 1.93. The van der Waals surface area contributed by atoms with Gasteiger partial charge in [-0.05, 0) is 24.6 Å². The molecule has 1 aliphatic rings. The van der Waals surface area contributed by atoms with Crippen LogP contribution < -0.4 is 4.90 Å². The summed E-state index contributed by atoms with van der Waals surface area (Å²) < 4.78 is 4.82. The van der Waals surface area contributed by atoms with Crippen LogP contribution in [0.3, 0.4) is 0 Å². The average Bonchev–Trinajstić information content (AvgIpc) is 2.53. The van der Waals surface area contributed by atoms with Gasteiger partial charge in [-0.2, -0.15) is 0 Å². The first-order valence-electron chi connectivity index (χ1n) is 4.14. The molecular weight excluding hydrogens is 166 g/mol. The van der Waals surface area contributed by atoms with Gasteiger partial charge in [-0.3, -0.25) is 4.90 Å². The highest BCUT2D eigenvalue weighted by Crippen LogP contribution is 2.18. The van der Waals surface area contributed by atoms with Crippen molar-refractivity contribution in [2.24, 2.45) is 0 Å². The van der Waals surface area contributed by atoms with Crippen LogP contribution in [0.4, 0.5) is 10.5 Å². The van der Waals surface area contributed by atoms with Crippen LogP contribution >= 0.6 is 0 Å². The highest BCUT2D eigenvalue weighted by atomic mass is 16.6. The third-order valence-electron chi connectivity index (χ3n) is 2.01. The maximum absolute atomic E-state index is 11.1. The van der Waals surface area contributed by atoms with Crippen LogP contribution in [0.5, 0.6) is 0 Å². The Labute approximate surface area is 76.9 Å². The number of benzene rings is 1. The van der Waals surface area contributed by atoms with Crippen molar-refractivity contribution < 1.29 is 9.53 Å². The number of rotatable bonds is 1. The van der Waals surface area contributed by atoms with Gasteiger partial charge in [0.1, 0.15) is 6.61 Å². The lowest BCUT2D eigenvalue weighted by Gasteiger charge is -2.12.